The second kappa shape index (κ2) is 17.6. The smallest absolute Gasteiger partial charge is 0.322 e. The lowest BCUT2D eigenvalue weighted by Gasteiger charge is -2.02. The van der Waals surface area contributed by atoms with Gasteiger partial charge in [-0.25, -0.2) is 4.98 Å². The fourth-order valence-electron chi connectivity index (χ4n) is 1.69. The largest absolute Gasteiger partial charge is 0.480 e. The van der Waals surface area contributed by atoms with Crippen LogP contribution < -0.4 is 22.5 Å². The van der Waals surface area contributed by atoms with E-state index >= 15 is 0 Å². The number of hydrogen-bond acceptors (Lipinski definition) is 10. The monoisotopic (exact) mass is 464 g/mol. The van der Waals surface area contributed by atoms with Gasteiger partial charge in [-0.15, -0.1) is 0 Å². The van der Waals surface area contributed by atoms with Gasteiger partial charge in [0.25, 0.3) is 0 Å². The second-order valence-electron chi connectivity index (χ2n) is 6.47. The molecule has 4 atom stereocenters. The number of nitrogens with one attached hydrogen (secondary N) is 2. The number of aliphatic hydroxyl groups excluding tert-OH is 1. The molecule has 1 aliphatic heterocycles. The Labute approximate surface area is 183 Å². The van der Waals surface area contributed by atoms with Gasteiger partial charge in [0.05, 0.1) is 12.9 Å². The maximum atomic E-state index is 10.3. The number of rotatable bonds is 7. The Balaban J connectivity index is 0. The standard InChI is InChI=1S/C6H9N3O2.C5H9NO2.C3H7NO3.C3H7NO2/c7-5(6(10)11)1-4-2-8-3-9-4;7-5(8)4-2-1-3-6-4;4-2(1-5)3(6)7;1-2(4)3(5)6/h2-3,5H,1,7H2,(H,8,9)(H,10,11);4,6H,1-3H2,(H,7,8);2,5H,1,4H2,(H,6,7);2H,4H2,1H3,(H,5,6)/t5-;4-;2*2-/m0000/s1. The van der Waals surface area contributed by atoms with Crippen LogP contribution in [0.2, 0.25) is 0 Å². The first kappa shape index (κ1) is 31.1. The van der Waals surface area contributed by atoms with Crippen molar-refractivity contribution in [2.45, 2.75) is 50.4 Å². The van der Waals surface area contributed by atoms with Gasteiger partial charge >= 0.3 is 23.9 Å². The van der Waals surface area contributed by atoms with E-state index in [1.807, 2.05) is 0 Å². The molecular weight excluding hydrogens is 432 g/mol. The van der Waals surface area contributed by atoms with Gasteiger partial charge < -0.3 is 53.0 Å². The number of imidazole rings is 1. The minimum Gasteiger partial charge on any atom is -0.480 e. The van der Waals surface area contributed by atoms with Crippen molar-refractivity contribution in [1.82, 2.24) is 15.3 Å². The summed E-state index contributed by atoms with van der Waals surface area (Å²) in [7, 11) is 0. The fraction of sp³-hybridized carbons (Fsp3) is 0.588. The Morgan fingerprint density at radius 3 is 1.81 bits per heavy atom. The van der Waals surface area contributed by atoms with Gasteiger partial charge in [0.1, 0.15) is 24.2 Å². The Kier molecular flexibility index (Phi) is 17.1. The first-order valence-corrected chi connectivity index (χ1v) is 9.32. The molecular formula is C17H32N6O9. The Morgan fingerprint density at radius 2 is 1.59 bits per heavy atom. The highest BCUT2D eigenvalue weighted by Gasteiger charge is 2.20. The predicted octanol–water partition coefficient (Wildman–Crippen LogP) is -3.00. The van der Waals surface area contributed by atoms with Crippen LogP contribution in [0, 0.1) is 0 Å². The number of aromatic amines is 1. The Morgan fingerprint density at radius 1 is 1.06 bits per heavy atom. The lowest BCUT2D eigenvalue weighted by atomic mass is 10.2. The average molecular weight is 464 g/mol. The normalized spacial score (nSPS) is 17.0. The molecule has 0 spiro atoms. The second-order valence-corrected chi connectivity index (χ2v) is 6.47. The molecule has 0 radical (unpaired) electrons. The van der Waals surface area contributed by atoms with Crippen LogP contribution in [0.25, 0.3) is 0 Å². The SMILES string of the molecule is C[C@H](N)C(=O)O.N[C@@H](CO)C(=O)O.N[C@@H](Cc1cnc[nH]1)C(=O)O.O=C(O)[C@@H]1CCCN1. The average Bonchev–Trinajstić information content (AvgIpc) is 3.42. The number of H-pyrrole nitrogens is 1. The Hall–Kier alpha value is -3.11. The molecule has 1 saturated heterocycles. The molecule has 32 heavy (non-hydrogen) atoms. The molecule has 0 aromatic carbocycles. The minimum absolute atomic E-state index is 0.269. The van der Waals surface area contributed by atoms with E-state index in [1.165, 1.54) is 13.3 Å². The molecule has 0 unspecified atom stereocenters. The molecule has 15 heteroatoms. The summed E-state index contributed by atoms with van der Waals surface area (Å²) in [5.41, 5.74) is 15.6. The van der Waals surface area contributed by atoms with Crippen molar-refractivity contribution in [2.24, 2.45) is 17.2 Å². The van der Waals surface area contributed by atoms with Gasteiger partial charge in [-0.2, -0.15) is 0 Å². The third kappa shape index (κ3) is 16.7. The summed E-state index contributed by atoms with van der Waals surface area (Å²) in [4.78, 5) is 46.1. The first-order valence-electron chi connectivity index (χ1n) is 9.32. The highest BCUT2D eigenvalue weighted by atomic mass is 16.4. The fourth-order valence-corrected chi connectivity index (χ4v) is 1.69. The predicted molar refractivity (Wildman–Crippen MR) is 111 cm³/mol. The third-order valence-corrected chi connectivity index (χ3v) is 3.57. The number of hydrogen-bond donors (Lipinski definition) is 10. The molecule has 184 valence electrons. The van der Waals surface area contributed by atoms with Crippen LogP contribution in [0.15, 0.2) is 12.5 Å². The number of nitrogens with zero attached hydrogens (tertiary/aromatic N) is 1. The van der Waals surface area contributed by atoms with Crippen LogP contribution in [0.3, 0.4) is 0 Å². The van der Waals surface area contributed by atoms with Crippen molar-refractivity contribution in [1.29, 1.82) is 0 Å². The molecule has 1 aliphatic rings. The van der Waals surface area contributed by atoms with E-state index in [4.69, 9.17) is 42.7 Å². The van der Waals surface area contributed by atoms with Crippen LogP contribution in [0.5, 0.6) is 0 Å². The van der Waals surface area contributed by atoms with Crippen LogP contribution in [0.1, 0.15) is 25.5 Å². The lowest BCUT2D eigenvalue weighted by molar-refractivity contribution is -0.140. The van der Waals surface area contributed by atoms with Crippen LogP contribution in [-0.4, -0.2) is 96.7 Å². The van der Waals surface area contributed by atoms with E-state index in [-0.39, 0.29) is 12.5 Å². The summed E-state index contributed by atoms with van der Waals surface area (Å²) >= 11 is 0. The van der Waals surface area contributed by atoms with Crippen molar-refractivity contribution in [2.75, 3.05) is 13.2 Å². The van der Waals surface area contributed by atoms with Crippen LogP contribution in [-0.2, 0) is 25.6 Å². The highest BCUT2D eigenvalue weighted by molar-refractivity contribution is 5.74. The van der Waals surface area contributed by atoms with Gasteiger partial charge in [-0.05, 0) is 26.3 Å². The molecule has 2 rings (SSSR count). The van der Waals surface area contributed by atoms with Crippen molar-refractivity contribution >= 4 is 23.9 Å². The summed E-state index contributed by atoms with van der Waals surface area (Å²) in [6.45, 7) is 1.77. The summed E-state index contributed by atoms with van der Waals surface area (Å²) in [5, 5.41) is 43.4. The number of nitrogens with two attached hydrogens (primary N) is 3. The molecule has 0 saturated carbocycles. The number of aliphatic hydroxyl groups is 1. The number of aliphatic carboxylic acids is 4. The van der Waals surface area contributed by atoms with E-state index in [2.05, 4.69) is 15.3 Å². The maximum absolute atomic E-state index is 10.3. The van der Waals surface area contributed by atoms with Crippen LogP contribution in [0.4, 0.5) is 0 Å². The Bertz CT molecular complexity index is 678. The molecule has 13 N–H and O–H groups in total. The summed E-state index contributed by atoms with van der Waals surface area (Å²) in [6, 6.07) is -2.98. The third-order valence-electron chi connectivity index (χ3n) is 3.57. The number of carboxylic acids is 4. The molecule has 1 aromatic rings. The maximum Gasteiger partial charge on any atom is 0.322 e. The quantitative estimate of drug-likeness (QED) is 0.192. The van der Waals surface area contributed by atoms with Crippen molar-refractivity contribution in [3.8, 4) is 0 Å². The highest BCUT2D eigenvalue weighted by Crippen LogP contribution is 2.03. The van der Waals surface area contributed by atoms with Crippen molar-refractivity contribution in [3.05, 3.63) is 18.2 Å². The molecule has 1 fully saturated rings. The van der Waals surface area contributed by atoms with Crippen LogP contribution >= 0.6 is 0 Å². The molecule has 2 heterocycles. The van der Waals surface area contributed by atoms with E-state index in [9.17, 15) is 19.2 Å². The topological polar surface area (TPSA) is 288 Å². The minimum atomic E-state index is -1.18. The zero-order valence-electron chi connectivity index (χ0n) is 17.5. The zero-order valence-corrected chi connectivity index (χ0v) is 17.5. The van der Waals surface area contributed by atoms with Gasteiger partial charge in [0, 0.05) is 18.3 Å². The number of carbonyl (C=O) groups is 4. The first-order chi connectivity index (χ1) is 14.8. The molecule has 0 bridgehead atoms. The molecule has 1 aromatic heterocycles. The zero-order chi connectivity index (χ0) is 25.3. The summed E-state index contributed by atoms with van der Waals surface area (Å²) in [5.74, 6) is -3.86. The van der Waals surface area contributed by atoms with Crippen molar-refractivity contribution in [3.63, 3.8) is 0 Å². The van der Waals surface area contributed by atoms with E-state index < -0.39 is 48.6 Å². The van der Waals surface area contributed by atoms with Gasteiger partial charge in [0.2, 0.25) is 0 Å². The van der Waals surface area contributed by atoms with Gasteiger partial charge in [0.15, 0.2) is 0 Å². The lowest BCUT2D eigenvalue weighted by Crippen LogP contribution is -2.33. The number of aromatic nitrogens is 2. The molecule has 0 amide bonds. The van der Waals surface area contributed by atoms with Crippen molar-refractivity contribution < 1.29 is 44.7 Å². The summed E-state index contributed by atoms with van der Waals surface area (Å²) in [6.07, 6.45) is 5.12. The van der Waals surface area contributed by atoms with Gasteiger partial charge in [-0.3, -0.25) is 19.2 Å². The summed E-state index contributed by atoms with van der Waals surface area (Å²) < 4.78 is 0. The molecule has 0 aliphatic carbocycles. The van der Waals surface area contributed by atoms with E-state index in [0.717, 1.165) is 25.1 Å². The van der Waals surface area contributed by atoms with E-state index in [0.29, 0.717) is 0 Å². The molecule has 15 nitrogen and oxygen atoms in total. The number of carboxylic acid groups (broad SMARTS) is 4. The van der Waals surface area contributed by atoms with Gasteiger partial charge in [-0.1, -0.05) is 0 Å². The van der Waals surface area contributed by atoms with E-state index in [1.54, 1.807) is 6.20 Å².